The Morgan fingerprint density at radius 1 is 1.14 bits per heavy atom. The van der Waals surface area contributed by atoms with Crippen LogP contribution in [0.15, 0.2) is 18.2 Å². The van der Waals surface area contributed by atoms with Gasteiger partial charge in [0, 0.05) is 32.7 Å². The molecule has 1 fully saturated rings. The summed E-state index contributed by atoms with van der Waals surface area (Å²) >= 11 is 0. The van der Waals surface area contributed by atoms with Crippen LogP contribution in [0.4, 0.5) is 13.2 Å². The van der Waals surface area contributed by atoms with Crippen LogP contribution < -0.4 is 0 Å². The molecule has 0 unspecified atom stereocenters. The van der Waals surface area contributed by atoms with Crippen molar-refractivity contribution in [1.29, 1.82) is 5.26 Å². The van der Waals surface area contributed by atoms with Crippen molar-refractivity contribution in [3.63, 3.8) is 0 Å². The standard InChI is InChI=1S/C16H20F3N3/c1-2-21-7-9-22(10-8-21)12-14-4-3-13(5-6-20)11-15(14)16(17,18)19/h3-4,11H,2,5,7-10,12H2,1H3. The van der Waals surface area contributed by atoms with Crippen LogP contribution >= 0.6 is 0 Å². The van der Waals surface area contributed by atoms with Crippen molar-refractivity contribution in [2.75, 3.05) is 32.7 Å². The fourth-order valence-electron chi connectivity index (χ4n) is 2.73. The molecule has 6 heteroatoms. The molecule has 0 amide bonds. The van der Waals surface area contributed by atoms with Gasteiger partial charge in [-0.25, -0.2) is 0 Å². The molecule has 1 aromatic carbocycles. The summed E-state index contributed by atoms with van der Waals surface area (Å²) in [5, 5.41) is 8.65. The third-order valence-electron chi connectivity index (χ3n) is 4.07. The highest BCUT2D eigenvalue weighted by atomic mass is 19.4. The van der Waals surface area contributed by atoms with Gasteiger partial charge in [-0.3, -0.25) is 4.90 Å². The van der Waals surface area contributed by atoms with Gasteiger partial charge in [-0.05, 0) is 23.7 Å². The van der Waals surface area contributed by atoms with Gasteiger partial charge in [0.05, 0.1) is 18.1 Å². The van der Waals surface area contributed by atoms with Gasteiger partial charge >= 0.3 is 6.18 Å². The van der Waals surface area contributed by atoms with Crippen LogP contribution in [-0.2, 0) is 19.1 Å². The Morgan fingerprint density at radius 2 is 1.77 bits per heavy atom. The first-order chi connectivity index (χ1) is 10.4. The highest BCUT2D eigenvalue weighted by Gasteiger charge is 2.34. The third kappa shape index (κ3) is 4.21. The zero-order chi connectivity index (χ0) is 16.2. The number of halogens is 3. The first-order valence-corrected chi connectivity index (χ1v) is 7.44. The summed E-state index contributed by atoms with van der Waals surface area (Å²) in [7, 11) is 0. The number of hydrogen-bond donors (Lipinski definition) is 0. The summed E-state index contributed by atoms with van der Waals surface area (Å²) in [4.78, 5) is 4.35. The highest BCUT2D eigenvalue weighted by Crippen LogP contribution is 2.33. The Hall–Kier alpha value is -1.58. The number of nitriles is 1. The molecule has 0 spiro atoms. The van der Waals surface area contributed by atoms with Crippen molar-refractivity contribution >= 4 is 0 Å². The summed E-state index contributed by atoms with van der Waals surface area (Å²) in [6.45, 7) is 6.72. The van der Waals surface area contributed by atoms with Gasteiger partial charge in [-0.1, -0.05) is 19.1 Å². The number of nitrogens with zero attached hydrogens (tertiary/aromatic N) is 3. The van der Waals surface area contributed by atoms with Crippen LogP contribution in [0, 0.1) is 11.3 Å². The van der Waals surface area contributed by atoms with Crippen molar-refractivity contribution in [2.24, 2.45) is 0 Å². The van der Waals surface area contributed by atoms with Crippen molar-refractivity contribution in [2.45, 2.75) is 26.1 Å². The van der Waals surface area contributed by atoms with E-state index in [1.54, 1.807) is 6.07 Å². The van der Waals surface area contributed by atoms with Crippen molar-refractivity contribution in [3.05, 3.63) is 34.9 Å². The molecular weight excluding hydrogens is 291 g/mol. The summed E-state index contributed by atoms with van der Waals surface area (Å²) in [5.74, 6) is 0. The molecule has 1 heterocycles. The van der Waals surface area contributed by atoms with E-state index < -0.39 is 11.7 Å². The first kappa shape index (κ1) is 16.8. The van der Waals surface area contributed by atoms with Crippen LogP contribution in [-0.4, -0.2) is 42.5 Å². The molecule has 3 nitrogen and oxygen atoms in total. The Bertz CT molecular complexity index is 541. The molecule has 1 aliphatic heterocycles. The molecule has 1 aliphatic rings. The Labute approximate surface area is 128 Å². The molecule has 22 heavy (non-hydrogen) atoms. The second kappa shape index (κ2) is 7.12. The zero-order valence-corrected chi connectivity index (χ0v) is 12.7. The van der Waals surface area contributed by atoms with Gasteiger partial charge in [0.15, 0.2) is 0 Å². The maximum Gasteiger partial charge on any atom is 0.416 e. The van der Waals surface area contributed by atoms with Gasteiger partial charge < -0.3 is 4.90 Å². The van der Waals surface area contributed by atoms with Gasteiger partial charge in [0.2, 0.25) is 0 Å². The summed E-state index contributed by atoms with van der Waals surface area (Å²) in [5.41, 5.74) is 0.0895. The fraction of sp³-hybridized carbons (Fsp3) is 0.562. The second-order valence-corrected chi connectivity index (χ2v) is 5.53. The van der Waals surface area contributed by atoms with E-state index in [4.69, 9.17) is 5.26 Å². The maximum atomic E-state index is 13.2. The average Bonchev–Trinajstić information content (AvgIpc) is 2.49. The summed E-state index contributed by atoms with van der Waals surface area (Å²) in [6.07, 6.45) is -4.38. The first-order valence-electron chi connectivity index (χ1n) is 7.44. The van der Waals surface area contributed by atoms with Crippen molar-refractivity contribution in [3.8, 4) is 6.07 Å². The number of likely N-dealkylation sites (N-methyl/N-ethyl adjacent to an activating group) is 1. The topological polar surface area (TPSA) is 30.3 Å². The molecule has 0 saturated carbocycles. The van der Waals surface area contributed by atoms with E-state index in [-0.39, 0.29) is 6.42 Å². The molecule has 120 valence electrons. The van der Waals surface area contributed by atoms with Crippen molar-refractivity contribution in [1.82, 2.24) is 9.80 Å². The molecule has 0 bridgehead atoms. The lowest BCUT2D eigenvalue weighted by Crippen LogP contribution is -2.45. The van der Waals surface area contributed by atoms with E-state index in [2.05, 4.69) is 16.7 Å². The largest absolute Gasteiger partial charge is 0.416 e. The minimum absolute atomic E-state index is 0.00145. The molecular formula is C16H20F3N3. The number of piperazine rings is 1. The Balaban J connectivity index is 2.15. The molecule has 0 aliphatic carbocycles. The normalized spacial score (nSPS) is 17.4. The van der Waals surface area contributed by atoms with Crippen LogP contribution in [0.5, 0.6) is 0 Å². The zero-order valence-electron chi connectivity index (χ0n) is 12.7. The number of benzene rings is 1. The molecule has 0 aromatic heterocycles. The van der Waals surface area contributed by atoms with Gasteiger partial charge in [-0.2, -0.15) is 18.4 Å². The van der Waals surface area contributed by atoms with E-state index in [9.17, 15) is 13.2 Å². The summed E-state index contributed by atoms with van der Waals surface area (Å²) < 4.78 is 39.7. The van der Waals surface area contributed by atoms with E-state index in [1.807, 2.05) is 6.07 Å². The third-order valence-corrected chi connectivity index (χ3v) is 4.07. The lowest BCUT2D eigenvalue weighted by Gasteiger charge is -2.34. The van der Waals surface area contributed by atoms with E-state index in [1.165, 1.54) is 6.07 Å². The lowest BCUT2D eigenvalue weighted by atomic mass is 10.0. The number of rotatable bonds is 4. The minimum Gasteiger partial charge on any atom is -0.301 e. The van der Waals surface area contributed by atoms with Crippen LogP contribution in [0.1, 0.15) is 23.6 Å². The maximum absolute atomic E-state index is 13.2. The predicted molar refractivity (Wildman–Crippen MR) is 78.2 cm³/mol. The quantitative estimate of drug-likeness (QED) is 0.856. The lowest BCUT2D eigenvalue weighted by molar-refractivity contribution is -0.138. The van der Waals surface area contributed by atoms with Crippen LogP contribution in [0.3, 0.4) is 0 Å². The molecule has 0 radical (unpaired) electrons. The molecule has 1 saturated heterocycles. The van der Waals surface area contributed by atoms with E-state index in [0.717, 1.165) is 38.8 Å². The minimum atomic E-state index is -4.38. The molecule has 1 aromatic rings. The van der Waals surface area contributed by atoms with Crippen LogP contribution in [0.2, 0.25) is 0 Å². The predicted octanol–water partition coefficient (Wildman–Crippen LogP) is 2.91. The highest BCUT2D eigenvalue weighted by molar-refractivity contribution is 5.35. The van der Waals surface area contributed by atoms with Gasteiger partial charge in [0.1, 0.15) is 0 Å². The Morgan fingerprint density at radius 3 is 2.32 bits per heavy atom. The van der Waals surface area contributed by atoms with E-state index >= 15 is 0 Å². The number of hydrogen-bond acceptors (Lipinski definition) is 3. The monoisotopic (exact) mass is 311 g/mol. The van der Waals surface area contributed by atoms with Gasteiger partial charge in [0.25, 0.3) is 0 Å². The average molecular weight is 311 g/mol. The number of alkyl halides is 3. The van der Waals surface area contributed by atoms with Crippen molar-refractivity contribution < 1.29 is 13.2 Å². The van der Waals surface area contributed by atoms with E-state index in [0.29, 0.717) is 17.7 Å². The van der Waals surface area contributed by atoms with Gasteiger partial charge in [-0.15, -0.1) is 0 Å². The molecule has 2 rings (SSSR count). The molecule has 0 N–H and O–H groups in total. The van der Waals surface area contributed by atoms with Crippen LogP contribution in [0.25, 0.3) is 0 Å². The smallest absolute Gasteiger partial charge is 0.301 e. The second-order valence-electron chi connectivity index (χ2n) is 5.53. The Kier molecular flexibility index (Phi) is 5.43. The molecule has 0 atom stereocenters. The SMILES string of the molecule is CCN1CCN(Cc2ccc(CC#N)cc2C(F)(F)F)CC1. The fourth-order valence-corrected chi connectivity index (χ4v) is 2.73. The summed E-state index contributed by atoms with van der Waals surface area (Å²) in [6, 6.07) is 6.14.